The lowest BCUT2D eigenvalue weighted by atomic mass is 10.0. The molecule has 0 aliphatic carbocycles. The molecule has 6 rings (SSSR count). The molecule has 0 aliphatic rings. The number of aromatic hydroxyl groups is 1. The van der Waals surface area contributed by atoms with Gasteiger partial charge >= 0.3 is 0 Å². The summed E-state index contributed by atoms with van der Waals surface area (Å²) in [7, 11) is 1.61. The second-order valence-electron chi connectivity index (χ2n) is 8.00. The normalized spacial score (nSPS) is 11.3. The van der Waals surface area contributed by atoms with Crippen LogP contribution < -0.4 is 4.74 Å². The molecule has 0 spiro atoms. The standard InChI is InChI=1S/C27H19FN4O3/c1-34-21-12-6-17(7-13-21)24-23-25(30-29-24)27(33)32(26(23)18-2-8-19(28)9-3-18)20-10-4-16(5-11-20)22-14-15-35-31-22/h2-15,30,33H,1H3. The van der Waals surface area contributed by atoms with Crippen LogP contribution in [-0.4, -0.2) is 32.1 Å². The summed E-state index contributed by atoms with van der Waals surface area (Å²) in [6, 6.07) is 23.0. The molecule has 3 heterocycles. The van der Waals surface area contributed by atoms with E-state index in [1.807, 2.05) is 48.5 Å². The third-order valence-electron chi connectivity index (χ3n) is 6.00. The Labute approximate surface area is 199 Å². The Bertz CT molecular complexity index is 1620. The first-order valence-corrected chi connectivity index (χ1v) is 10.9. The molecule has 0 radical (unpaired) electrons. The van der Waals surface area contributed by atoms with Crippen molar-refractivity contribution in [1.29, 1.82) is 0 Å². The Morgan fingerprint density at radius 3 is 2.23 bits per heavy atom. The first-order valence-electron chi connectivity index (χ1n) is 10.9. The number of methoxy groups -OCH3 is 1. The summed E-state index contributed by atoms with van der Waals surface area (Å²) in [5.74, 6) is 0.388. The lowest BCUT2D eigenvalue weighted by molar-refractivity contribution is 0.415. The van der Waals surface area contributed by atoms with Gasteiger partial charge in [-0.15, -0.1) is 0 Å². The number of rotatable bonds is 5. The maximum absolute atomic E-state index is 13.8. The number of fused-ring (bicyclic) bond motifs is 1. The first-order chi connectivity index (χ1) is 17.1. The van der Waals surface area contributed by atoms with Crippen LogP contribution in [0.2, 0.25) is 0 Å². The number of benzene rings is 3. The second-order valence-corrected chi connectivity index (χ2v) is 8.00. The zero-order chi connectivity index (χ0) is 23.9. The Hall–Kier alpha value is -4.85. The van der Waals surface area contributed by atoms with E-state index in [-0.39, 0.29) is 11.7 Å². The van der Waals surface area contributed by atoms with Gasteiger partial charge in [-0.2, -0.15) is 5.10 Å². The number of ether oxygens (including phenoxy) is 1. The van der Waals surface area contributed by atoms with E-state index in [9.17, 15) is 9.50 Å². The summed E-state index contributed by atoms with van der Waals surface area (Å²) in [5.41, 5.74) is 5.72. The van der Waals surface area contributed by atoms with Crippen molar-refractivity contribution in [2.24, 2.45) is 0 Å². The van der Waals surface area contributed by atoms with Gasteiger partial charge in [0.05, 0.1) is 18.2 Å². The van der Waals surface area contributed by atoms with E-state index < -0.39 is 0 Å². The van der Waals surface area contributed by atoms with Crippen molar-refractivity contribution in [3.8, 4) is 51.1 Å². The van der Waals surface area contributed by atoms with E-state index in [1.165, 1.54) is 18.4 Å². The minimum absolute atomic E-state index is 0.000716. The summed E-state index contributed by atoms with van der Waals surface area (Å²) >= 11 is 0. The van der Waals surface area contributed by atoms with Crippen LogP contribution in [0.1, 0.15) is 0 Å². The highest BCUT2D eigenvalue weighted by atomic mass is 19.1. The van der Waals surface area contributed by atoms with E-state index in [1.54, 1.807) is 29.9 Å². The Balaban J connectivity index is 1.59. The first kappa shape index (κ1) is 20.7. The molecule has 6 aromatic rings. The van der Waals surface area contributed by atoms with Gasteiger partial charge in [0, 0.05) is 22.9 Å². The molecule has 3 aromatic heterocycles. The highest BCUT2D eigenvalue weighted by Crippen LogP contribution is 2.44. The van der Waals surface area contributed by atoms with Gasteiger partial charge < -0.3 is 14.4 Å². The van der Waals surface area contributed by atoms with Crippen molar-refractivity contribution in [3.05, 3.63) is 90.9 Å². The van der Waals surface area contributed by atoms with Crippen LogP contribution in [0.4, 0.5) is 4.39 Å². The molecule has 0 amide bonds. The Morgan fingerprint density at radius 1 is 0.886 bits per heavy atom. The molecule has 7 nitrogen and oxygen atoms in total. The van der Waals surface area contributed by atoms with Crippen molar-refractivity contribution in [3.63, 3.8) is 0 Å². The van der Waals surface area contributed by atoms with E-state index in [0.29, 0.717) is 22.6 Å². The predicted octanol–water partition coefficient (Wildman–Crippen LogP) is 6.20. The number of H-pyrrole nitrogens is 1. The van der Waals surface area contributed by atoms with Crippen LogP contribution in [0.25, 0.3) is 50.4 Å². The lowest BCUT2D eigenvalue weighted by Crippen LogP contribution is -1.98. The number of nitrogens with one attached hydrogen (secondary N) is 1. The number of aromatic amines is 1. The van der Waals surface area contributed by atoms with Crippen LogP contribution in [0.15, 0.2) is 89.6 Å². The van der Waals surface area contributed by atoms with Gasteiger partial charge in [-0.1, -0.05) is 17.3 Å². The summed E-state index contributed by atoms with van der Waals surface area (Å²) < 4.78 is 25.7. The molecule has 2 N–H and O–H groups in total. The largest absolute Gasteiger partial charge is 0.497 e. The van der Waals surface area contributed by atoms with Gasteiger partial charge in [-0.25, -0.2) is 4.39 Å². The fourth-order valence-electron chi connectivity index (χ4n) is 4.30. The third kappa shape index (κ3) is 3.43. The van der Waals surface area contributed by atoms with E-state index in [2.05, 4.69) is 15.4 Å². The zero-order valence-corrected chi connectivity index (χ0v) is 18.6. The van der Waals surface area contributed by atoms with E-state index >= 15 is 0 Å². The lowest BCUT2D eigenvalue weighted by Gasteiger charge is -2.12. The summed E-state index contributed by atoms with van der Waals surface area (Å²) in [6.07, 6.45) is 1.52. The number of hydrogen-bond donors (Lipinski definition) is 2. The number of nitrogens with zero attached hydrogens (tertiary/aromatic N) is 3. The van der Waals surface area contributed by atoms with Gasteiger partial charge in [0.1, 0.15) is 34.7 Å². The van der Waals surface area contributed by atoms with Crippen molar-refractivity contribution >= 4 is 10.9 Å². The summed E-state index contributed by atoms with van der Waals surface area (Å²) in [5, 5.41) is 23.5. The molecule has 0 saturated heterocycles. The molecular weight excluding hydrogens is 447 g/mol. The second kappa shape index (κ2) is 8.18. The quantitative estimate of drug-likeness (QED) is 0.316. The van der Waals surface area contributed by atoms with Gasteiger partial charge in [0.2, 0.25) is 5.88 Å². The van der Waals surface area contributed by atoms with Crippen LogP contribution >= 0.6 is 0 Å². The summed E-state index contributed by atoms with van der Waals surface area (Å²) in [4.78, 5) is 0. The van der Waals surface area contributed by atoms with Crippen LogP contribution in [0, 0.1) is 5.82 Å². The van der Waals surface area contributed by atoms with Crippen molar-refractivity contribution < 1.29 is 18.8 Å². The topological polar surface area (TPSA) is 89.1 Å². The molecule has 35 heavy (non-hydrogen) atoms. The molecule has 8 heteroatoms. The fraction of sp³-hybridized carbons (Fsp3) is 0.0370. The maximum atomic E-state index is 13.8. The minimum atomic E-state index is -0.341. The average molecular weight is 466 g/mol. The van der Waals surface area contributed by atoms with Gasteiger partial charge in [-0.3, -0.25) is 9.67 Å². The Morgan fingerprint density at radius 2 is 1.57 bits per heavy atom. The molecule has 0 atom stereocenters. The smallest absolute Gasteiger partial charge is 0.222 e. The van der Waals surface area contributed by atoms with Crippen molar-refractivity contribution in [2.75, 3.05) is 7.11 Å². The molecule has 3 aromatic carbocycles. The monoisotopic (exact) mass is 466 g/mol. The number of aromatic nitrogens is 4. The fourth-order valence-corrected chi connectivity index (χ4v) is 4.30. The molecule has 0 bridgehead atoms. The average Bonchev–Trinajstić information content (AvgIpc) is 3.63. The van der Waals surface area contributed by atoms with Crippen LogP contribution in [0.5, 0.6) is 11.6 Å². The molecule has 0 fully saturated rings. The van der Waals surface area contributed by atoms with Gasteiger partial charge in [-0.05, 0) is 66.2 Å². The number of halogens is 1. The highest BCUT2D eigenvalue weighted by Gasteiger charge is 2.25. The number of hydrogen-bond acceptors (Lipinski definition) is 5. The maximum Gasteiger partial charge on any atom is 0.222 e. The summed E-state index contributed by atoms with van der Waals surface area (Å²) in [6.45, 7) is 0. The molecule has 172 valence electrons. The van der Waals surface area contributed by atoms with Gasteiger partial charge in [0.25, 0.3) is 0 Å². The Kier molecular flexibility index (Phi) is 4.84. The van der Waals surface area contributed by atoms with Crippen LogP contribution in [0.3, 0.4) is 0 Å². The van der Waals surface area contributed by atoms with Crippen molar-refractivity contribution in [2.45, 2.75) is 0 Å². The third-order valence-corrected chi connectivity index (χ3v) is 6.00. The van der Waals surface area contributed by atoms with E-state index in [4.69, 9.17) is 9.26 Å². The van der Waals surface area contributed by atoms with Crippen molar-refractivity contribution in [1.82, 2.24) is 19.9 Å². The molecule has 0 aliphatic heterocycles. The highest BCUT2D eigenvalue weighted by molar-refractivity contribution is 6.07. The minimum Gasteiger partial charge on any atom is -0.497 e. The van der Waals surface area contributed by atoms with E-state index in [0.717, 1.165) is 33.5 Å². The molecule has 0 unspecified atom stereocenters. The SMILES string of the molecule is COc1ccc(-c2n[nH]c3c(O)n(-c4ccc(-c5ccon5)cc4)c(-c4ccc(F)cc4)c23)cc1. The van der Waals surface area contributed by atoms with Gasteiger partial charge in [0.15, 0.2) is 0 Å². The molecular formula is C27H19FN4O3. The predicted molar refractivity (Wildman–Crippen MR) is 130 cm³/mol. The van der Waals surface area contributed by atoms with Crippen LogP contribution in [-0.2, 0) is 0 Å². The zero-order valence-electron chi connectivity index (χ0n) is 18.6. The molecule has 0 saturated carbocycles.